The maximum absolute atomic E-state index is 3.63. The predicted octanol–water partition coefficient (Wildman–Crippen LogP) is 5.11. The van der Waals surface area contributed by atoms with Crippen LogP contribution >= 0.6 is 68.0 Å². The lowest BCUT2D eigenvalue weighted by Crippen LogP contribution is -2.45. The zero-order valence-corrected chi connectivity index (χ0v) is 17.4. The van der Waals surface area contributed by atoms with Crippen molar-refractivity contribution in [2.45, 2.75) is 6.04 Å². The molecular formula is C15H18Br2Cl2N2S. The molecular weight excluding hydrogens is 471 g/mol. The molecule has 0 radical (unpaired) electrons. The molecule has 0 aliphatic carbocycles. The Bertz CT molecular complexity index is 575. The Morgan fingerprint density at radius 3 is 2.36 bits per heavy atom. The third-order valence-corrected chi connectivity index (χ3v) is 6.39. The smallest absolute Gasteiger partial charge is 0.0697 e. The Morgan fingerprint density at radius 1 is 1.05 bits per heavy atom. The van der Waals surface area contributed by atoms with Crippen molar-refractivity contribution in [3.8, 4) is 0 Å². The number of benzene rings is 1. The van der Waals surface area contributed by atoms with E-state index in [0.717, 1.165) is 35.1 Å². The van der Waals surface area contributed by atoms with Crippen LogP contribution in [-0.2, 0) is 0 Å². The molecule has 0 saturated carbocycles. The number of nitrogens with zero attached hydrogens (tertiary/aromatic N) is 1. The summed E-state index contributed by atoms with van der Waals surface area (Å²) in [4.78, 5) is 3.99. The number of nitrogens with one attached hydrogen (secondary N) is 1. The van der Waals surface area contributed by atoms with Gasteiger partial charge < -0.3 is 5.32 Å². The third-order valence-electron chi connectivity index (χ3n) is 3.59. The van der Waals surface area contributed by atoms with Crippen LogP contribution in [0.4, 0.5) is 0 Å². The average molecular weight is 489 g/mol. The highest BCUT2D eigenvalue weighted by Crippen LogP contribution is 2.35. The van der Waals surface area contributed by atoms with Crippen LogP contribution in [-0.4, -0.2) is 31.1 Å². The van der Waals surface area contributed by atoms with Gasteiger partial charge in [-0.3, -0.25) is 4.90 Å². The Morgan fingerprint density at radius 2 is 1.77 bits per heavy atom. The van der Waals surface area contributed by atoms with Crippen LogP contribution in [0.5, 0.6) is 0 Å². The predicted molar refractivity (Wildman–Crippen MR) is 107 cm³/mol. The van der Waals surface area contributed by atoms with E-state index in [1.807, 2.05) is 11.3 Å². The highest BCUT2D eigenvalue weighted by atomic mass is 79.9. The SMILES string of the molecule is Brc1ccc([C@H](c2cccs2)N2CCNCC2)cc1Br.Cl.Cl. The summed E-state index contributed by atoms with van der Waals surface area (Å²) in [5.74, 6) is 0. The molecule has 1 atom stereocenters. The highest BCUT2D eigenvalue weighted by Gasteiger charge is 2.24. The maximum atomic E-state index is 3.63. The number of halogens is 4. The van der Waals surface area contributed by atoms with Crippen molar-refractivity contribution in [1.29, 1.82) is 0 Å². The molecule has 1 fully saturated rings. The normalized spacial score (nSPS) is 16.5. The van der Waals surface area contributed by atoms with Crippen molar-refractivity contribution in [2.24, 2.45) is 0 Å². The van der Waals surface area contributed by atoms with Gasteiger partial charge in [0.15, 0.2) is 0 Å². The summed E-state index contributed by atoms with van der Waals surface area (Å²) in [5.41, 5.74) is 1.35. The first-order chi connectivity index (χ1) is 9.75. The number of hydrogen-bond acceptors (Lipinski definition) is 3. The van der Waals surface area contributed by atoms with E-state index in [0.29, 0.717) is 6.04 Å². The summed E-state index contributed by atoms with van der Waals surface area (Å²) in [6, 6.07) is 11.3. The van der Waals surface area contributed by atoms with Crippen LogP contribution in [0.25, 0.3) is 0 Å². The van der Waals surface area contributed by atoms with E-state index in [2.05, 4.69) is 77.8 Å². The Hall–Kier alpha value is 0.380. The van der Waals surface area contributed by atoms with Crippen LogP contribution in [0.1, 0.15) is 16.5 Å². The van der Waals surface area contributed by atoms with E-state index in [-0.39, 0.29) is 24.8 Å². The molecule has 2 nitrogen and oxygen atoms in total. The van der Waals surface area contributed by atoms with Crippen molar-refractivity contribution < 1.29 is 0 Å². The second-order valence-corrected chi connectivity index (χ2v) is 7.57. The lowest BCUT2D eigenvalue weighted by Gasteiger charge is -2.35. The third kappa shape index (κ3) is 4.69. The first-order valence-electron chi connectivity index (χ1n) is 6.69. The molecule has 2 heterocycles. The molecule has 0 bridgehead atoms. The first kappa shape index (κ1) is 20.4. The first-order valence-corrected chi connectivity index (χ1v) is 9.15. The largest absolute Gasteiger partial charge is 0.314 e. The molecule has 1 N–H and O–H groups in total. The fourth-order valence-electron chi connectivity index (χ4n) is 2.62. The molecule has 0 spiro atoms. The fourth-order valence-corrected chi connectivity index (χ4v) is 4.15. The van der Waals surface area contributed by atoms with Crippen molar-refractivity contribution in [2.75, 3.05) is 26.2 Å². The van der Waals surface area contributed by atoms with Crippen LogP contribution in [0.2, 0.25) is 0 Å². The number of thiophene rings is 1. The van der Waals surface area contributed by atoms with E-state index in [9.17, 15) is 0 Å². The summed E-state index contributed by atoms with van der Waals surface area (Å²) >= 11 is 9.02. The molecule has 1 aromatic heterocycles. The summed E-state index contributed by atoms with van der Waals surface area (Å²) in [6.45, 7) is 4.33. The van der Waals surface area contributed by atoms with Gasteiger partial charge in [0.25, 0.3) is 0 Å². The van der Waals surface area contributed by atoms with Crippen LogP contribution in [0.15, 0.2) is 44.7 Å². The summed E-state index contributed by atoms with van der Waals surface area (Å²) in [6.07, 6.45) is 0. The van der Waals surface area contributed by atoms with Crippen LogP contribution in [0.3, 0.4) is 0 Å². The lowest BCUT2D eigenvalue weighted by molar-refractivity contribution is 0.200. The molecule has 22 heavy (non-hydrogen) atoms. The zero-order valence-electron chi connectivity index (χ0n) is 11.8. The monoisotopic (exact) mass is 486 g/mol. The summed E-state index contributed by atoms with van der Waals surface area (Å²) < 4.78 is 2.22. The molecule has 1 aliphatic rings. The number of rotatable bonds is 3. The highest BCUT2D eigenvalue weighted by molar-refractivity contribution is 9.13. The minimum atomic E-state index is 0. The molecule has 0 unspecified atom stereocenters. The van der Waals surface area contributed by atoms with Gasteiger partial charge in [-0.25, -0.2) is 0 Å². The molecule has 1 aliphatic heterocycles. The Labute approximate surface area is 164 Å². The molecule has 2 aromatic rings. The summed E-state index contributed by atoms with van der Waals surface area (Å²) in [5, 5.41) is 5.60. The summed E-state index contributed by atoms with van der Waals surface area (Å²) in [7, 11) is 0. The minimum Gasteiger partial charge on any atom is -0.314 e. The van der Waals surface area contributed by atoms with Crippen molar-refractivity contribution in [3.63, 3.8) is 0 Å². The van der Waals surface area contributed by atoms with E-state index in [1.165, 1.54) is 10.4 Å². The lowest BCUT2D eigenvalue weighted by atomic mass is 10.0. The zero-order chi connectivity index (χ0) is 13.9. The molecule has 1 aromatic carbocycles. The maximum Gasteiger partial charge on any atom is 0.0697 e. The quantitative estimate of drug-likeness (QED) is 0.645. The van der Waals surface area contributed by atoms with Gasteiger partial charge in [0.1, 0.15) is 0 Å². The number of piperazine rings is 1. The Balaban J connectivity index is 0.00000121. The fraction of sp³-hybridized carbons (Fsp3) is 0.333. The van der Waals surface area contributed by atoms with Gasteiger partial charge in [-0.2, -0.15) is 0 Å². The topological polar surface area (TPSA) is 15.3 Å². The van der Waals surface area contributed by atoms with Gasteiger partial charge in [-0.15, -0.1) is 36.2 Å². The van der Waals surface area contributed by atoms with E-state index in [1.54, 1.807) is 0 Å². The van der Waals surface area contributed by atoms with Gasteiger partial charge in [0, 0.05) is 40.0 Å². The second kappa shape index (κ2) is 9.62. The standard InChI is InChI=1S/C15H16Br2N2S.2ClH/c16-12-4-3-11(10-13(12)17)15(14-2-1-9-20-14)19-7-5-18-6-8-19;;/h1-4,9-10,15,18H,5-8H2;2*1H/t15-;;/m1../s1. The van der Waals surface area contributed by atoms with Gasteiger partial charge in [-0.1, -0.05) is 12.1 Å². The van der Waals surface area contributed by atoms with Crippen molar-refractivity contribution in [3.05, 3.63) is 55.1 Å². The Kier molecular flexibility index (Phi) is 8.93. The van der Waals surface area contributed by atoms with E-state index < -0.39 is 0 Å². The average Bonchev–Trinajstić information content (AvgIpc) is 2.98. The van der Waals surface area contributed by atoms with Crippen molar-refractivity contribution >= 4 is 68.0 Å². The number of hydrogen-bond donors (Lipinski definition) is 1. The molecule has 1 saturated heterocycles. The van der Waals surface area contributed by atoms with Crippen molar-refractivity contribution in [1.82, 2.24) is 10.2 Å². The molecule has 7 heteroatoms. The van der Waals surface area contributed by atoms with E-state index in [4.69, 9.17) is 0 Å². The second-order valence-electron chi connectivity index (χ2n) is 4.88. The van der Waals surface area contributed by atoms with Crippen LogP contribution < -0.4 is 5.32 Å². The molecule has 122 valence electrons. The van der Waals surface area contributed by atoms with Gasteiger partial charge in [0.05, 0.1) is 6.04 Å². The van der Waals surface area contributed by atoms with Gasteiger partial charge in [-0.05, 0) is 61.0 Å². The van der Waals surface area contributed by atoms with Gasteiger partial charge in [0.2, 0.25) is 0 Å². The van der Waals surface area contributed by atoms with Gasteiger partial charge >= 0.3 is 0 Å². The molecule has 0 amide bonds. The van der Waals surface area contributed by atoms with E-state index >= 15 is 0 Å². The van der Waals surface area contributed by atoms with Crippen LogP contribution in [0, 0.1) is 0 Å². The molecule has 3 rings (SSSR count). The minimum absolute atomic E-state index is 0.